The maximum Gasteiger partial charge on any atom is 0.132 e. The van der Waals surface area contributed by atoms with Gasteiger partial charge in [-0.05, 0) is 26.3 Å². The van der Waals surface area contributed by atoms with Crippen LogP contribution in [-0.2, 0) is 10.3 Å². The fraction of sp³-hybridized carbons (Fsp3) is 0.500. The molecule has 1 atom stereocenters. The van der Waals surface area contributed by atoms with Gasteiger partial charge in [0.15, 0.2) is 0 Å². The number of hydrogen-bond acceptors (Lipinski definition) is 3. The number of benzene rings is 1. The monoisotopic (exact) mass is 232 g/mol. The van der Waals surface area contributed by atoms with Crippen molar-refractivity contribution in [3.63, 3.8) is 0 Å². The van der Waals surface area contributed by atoms with Crippen molar-refractivity contribution in [2.24, 2.45) is 5.73 Å². The third-order valence-electron chi connectivity index (χ3n) is 2.52. The first-order valence-electron chi connectivity index (χ1n) is 5.77. The predicted molar refractivity (Wildman–Crippen MR) is 68.2 cm³/mol. The zero-order valence-electron chi connectivity index (χ0n) is 10.7. The molecule has 0 spiro atoms. The van der Waals surface area contributed by atoms with E-state index < -0.39 is 5.54 Å². The number of nitrogens with zero attached hydrogens (tertiary/aromatic N) is 1. The van der Waals surface area contributed by atoms with Gasteiger partial charge < -0.3 is 10.5 Å². The quantitative estimate of drug-likeness (QED) is 0.868. The van der Waals surface area contributed by atoms with Gasteiger partial charge in [-0.15, -0.1) is 0 Å². The smallest absolute Gasteiger partial charge is 0.132 e. The second-order valence-electron chi connectivity index (χ2n) is 5.16. The summed E-state index contributed by atoms with van der Waals surface area (Å²) in [6, 6.07) is 11.6. The second kappa shape index (κ2) is 5.31. The highest BCUT2D eigenvalue weighted by Gasteiger charge is 2.27. The van der Waals surface area contributed by atoms with E-state index in [1.54, 1.807) is 0 Å². The molecule has 0 saturated heterocycles. The van der Waals surface area contributed by atoms with E-state index in [-0.39, 0.29) is 5.60 Å². The Bertz CT molecular complexity index is 389. The molecule has 92 valence electrons. The average molecular weight is 232 g/mol. The van der Waals surface area contributed by atoms with E-state index in [4.69, 9.17) is 10.5 Å². The van der Waals surface area contributed by atoms with Crippen molar-refractivity contribution in [2.45, 2.75) is 38.3 Å². The van der Waals surface area contributed by atoms with E-state index in [9.17, 15) is 5.26 Å². The maximum absolute atomic E-state index is 9.24. The fourth-order valence-corrected chi connectivity index (χ4v) is 1.52. The van der Waals surface area contributed by atoms with Crippen molar-refractivity contribution in [3.05, 3.63) is 35.9 Å². The Balaban J connectivity index is 2.68. The Morgan fingerprint density at radius 1 is 1.24 bits per heavy atom. The van der Waals surface area contributed by atoms with Gasteiger partial charge in [0.25, 0.3) is 0 Å². The van der Waals surface area contributed by atoms with Gasteiger partial charge >= 0.3 is 0 Å². The van der Waals surface area contributed by atoms with Crippen molar-refractivity contribution in [2.75, 3.05) is 6.61 Å². The summed E-state index contributed by atoms with van der Waals surface area (Å²) in [5.74, 6) is 0. The van der Waals surface area contributed by atoms with E-state index >= 15 is 0 Å². The minimum absolute atomic E-state index is 0.201. The molecule has 0 amide bonds. The topological polar surface area (TPSA) is 59.0 Å². The Labute approximate surface area is 103 Å². The van der Waals surface area contributed by atoms with Crippen LogP contribution in [0.1, 0.15) is 32.8 Å². The normalized spacial score (nSPS) is 15.0. The summed E-state index contributed by atoms with van der Waals surface area (Å²) in [4.78, 5) is 0. The van der Waals surface area contributed by atoms with Crippen LogP contribution in [0.5, 0.6) is 0 Å². The van der Waals surface area contributed by atoms with Crippen LogP contribution in [-0.4, -0.2) is 12.2 Å². The zero-order chi connectivity index (χ0) is 12.9. The van der Waals surface area contributed by atoms with Gasteiger partial charge in [-0.1, -0.05) is 30.3 Å². The Hall–Kier alpha value is -1.37. The fourth-order valence-electron chi connectivity index (χ4n) is 1.52. The molecule has 3 heteroatoms. The third-order valence-corrected chi connectivity index (χ3v) is 2.52. The molecule has 0 saturated carbocycles. The van der Waals surface area contributed by atoms with E-state index in [0.717, 1.165) is 5.56 Å². The molecule has 0 aliphatic carbocycles. The summed E-state index contributed by atoms with van der Waals surface area (Å²) in [6.45, 7) is 6.43. The second-order valence-corrected chi connectivity index (χ2v) is 5.16. The standard InChI is InChI=1S/C14H20N2O/c1-13(2,3)17-10-9-14(16,11-15)12-7-5-4-6-8-12/h4-8H,9-10,16H2,1-3H3. The molecule has 1 unspecified atom stereocenters. The Morgan fingerprint density at radius 3 is 2.29 bits per heavy atom. The molecule has 1 aromatic rings. The summed E-state index contributed by atoms with van der Waals surface area (Å²) in [6.07, 6.45) is 0.491. The molecule has 0 aliphatic heterocycles. The lowest BCUT2D eigenvalue weighted by molar-refractivity contribution is -0.00883. The third kappa shape index (κ3) is 4.18. The van der Waals surface area contributed by atoms with Crippen molar-refractivity contribution >= 4 is 0 Å². The maximum atomic E-state index is 9.24. The molecule has 17 heavy (non-hydrogen) atoms. The van der Waals surface area contributed by atoms with Crippen LogP contribution >= 0.6 is 0 Å². The van der Waals surface area contributed by atoms with E-state index in [2.05, 4.69) is 6.07 Å². The molecule has 0 aliphatic rings. The Morgan fingerprint density at radius 2 is 1.82 bits per heavy atom. The summed E-state index contributed by atoms with van der Waals surface area (Å²) >= 11 is 0. The van der Waals surface area contributed by atoms with Crippen molar-refractivity contribution in [1.82, 2.24) is 0 Å². The Kier molecular flexibility index (Phi) is 4.28. The molecule has 1 rings (SSSR count). The molecular weight excluding hydrogens is 212 g/mol. The molecule has 2 N–H and O–H groups in total. The summed E-state index contributed by atoms with van der Waals surface area (Å²) in [5.41, 5.74) is 5.77. The summed E-state index contributed by atoms with van der Waals surface area (Å²) in [7, 11) is 0. The van der Waals surface area contributed by atoms with Crippen molar-refractivity contribution in [1.29, 1.82) is 5.26 Å². The lowest BCUT2D eigenvalue weighted by Gasteiger charge is -2.25. The molecule has 0 radical (unpaired) electrons. The van der Waals surface area contributed by atoms with Crippen LogP contribution < -0.4 is 5.73 Å². The van der Waals surface area contributed by atoms with Crippen LogP contribution in [0.3, 0.4) is 0 Å². The minimum atomic E-state index is -0.966. The molecule has 0 fully saturated rings. The summed E-state index contributed by atoms with van der Waals surface area (Å²) in [5, 5.41) is 9.24. The van der Waals surface area contributed by atoms with Crippen LogP contribution in [0.15, 0.2) is 30.3 Å². The average Bonchev–Trinajstić information content (AvgIpc) is 2.28. The van der Waals surface area contributed by atoms with E-state index in [1.165, 1.54) is 0 Å². The predicted octanol–water partition coefficient (Wildman–Crippen LogP) is 2.57. The van der Waals surface area contributed by atoms with Crippen molar-refractivity contribution in [3.8, 4) is 6.07 Å². The first kappa shape index (κ1) is 13.7. The number of rotatable bonds is 4. The van der Waals surface area contributed by atoms with E-state index in [1.807, 2.05) is 51.1 Å². The lowest BCUT2D eigenvalue weighted by Crippen LogP contribution is -2.37. The van der Waals surface area contributed by atoms with Crippen LogP contribution in [0, 0.1) is 11.3 Å². The van der Waals surface area contributed by atoms with Crippen LogP contribution in [0.25, 0.3) is 0 Å². The molecule has 1 aromatic carbocycles. The first-order valence-corrected chi connectivity index (χ1v) is 5.77. The molecular formula is C14H20N2O. The zero-order valence-corrected chi connectivity index (χ0v) is 10.7. The lowest BCUT2D eigenvalue weighted by atomic mass is 9.89. The van der Waals surface area contributed by atoms with Gasteiger partial charge in [-0.25, -0.2) is 0 Å². The molecule has 3 nitrogen and oxygen atoms in total. The minimum Gasteiger partial charge on any atom is -0.376 e. The van der Waals surface area contributed by atoms with Crippen molar-refractivity contribution < 1.29 is 4.74 Å². The highest BCUT2D eigenvalue weighted by Crippen LogP contribution is 2.22. The number of nitriles is 1. The van der Waals surface area contributed by atoms with Gasteiger partial charge in [0.05, 0.1) is 18.3 Å². The molecule has 0 aromatic heterocycles. The first-order chi connectivity index (χ1) is 7.87. The molecule has 0 heterocycles. The van der Waals surface area contributed by atoms with Gasteiger partial charge in [0.2, 0.25) is 0 Å². The number of ether oxygens (including phenoxy) is 1. The number of nitrogens with two attached hydrogens (primary N) is 1. The number of hydrogen-bond donors (Lipinski definition) is 1. The highest BCUT2D eigenvalue weighted by molar-refractivity contribution is 5.30. The molecule has 0 bridgehead atoms. The largest absolute Gasteiger partial charge is 0.376 e. The van der Waals surface area contributed by atoms with Gasteiger partial charge in [0, 0.05) is 6.42 Å². The van der Waals surface area contributed by atoms with E-state index in [0.29, 0.717) is 13.0 Å². The van der Waals surface area contributed by atoms with Crippen LogP contribution in [0.4, 0.5) is 0 Å². The summed E-state index contributed by atoms with van der Waals surface area (Å²) < 4.78 is 5.62. The SMILES string of the molecule is CC(C)(C)OCCC(N)(C#N)c1ccccc1. The van der Waals surface area contributed by atoms with Gasteiger partial charge in [-0.3, -0.25) is 0 Å². The van der Waals surface area contributed by atoms with Gasteiger partial charge in [0.1, 0.15) is 5.54 Å². The van der Waals surface area contributed by atoms with Gasteiger partial charge in [-0.2, -0.15) is 5.26 Å². The van der Waals surface area contributed by atoms with Crippen LogP contribution in [0.2, 0.25) is 0 Å². The highest BCUT2D eigenvalue weighted by atomic mass is 16.5.